The fourth-order valence-electron chi connectivity index (χ4n) is 3.12. The van der Waals surface area contributed by atoms with Gasteiger partial charge in [0.25, 0.3) is 0 Å². The maximum atomic E-state index is 12.2. The lowest BCUT2D eigenvalue weighted by Gasteiger charge is -2.23. The fourth-order valence-corrected chi connectivity index (χ4v) is 3.12. The number of carbonyl (C=O) groups excluding carboxylic acids is 1. The molecule has 0 aromatic carbocycles. The quantitative estimate of drug-likeness (QED) is 0.716. The summed E-state index contributed by atoms with van der Waals surface area (Å²) in [6.07, 6.45) is 4.61. The maximum absolute atomic E-state index is 12.2. The number of H-pyrrole nitrogens is 1. The predicted molar refractivity (Wildman–Crippen MR) is 103 cm³/mol. The molecule has 8 heteroatoms. The van der Waals surface area contributed by atoms with E-state index in [1.807, 2.05) is 32.2 Å². The summed E-state index contributed by atoms with van der Waals surface area (Å²) >= 11 is 0. The van der Waals surface area contributed by atoms with Crippen molar-refractivity contribution in [2.45, 2.75) is 32.8 Å². The third-order valence-corrected chi connectivity index (χ3v) is 4.70. The van der Waals surface area contributed by atoms with Gasteiger partial charge in [0, 0.05) is 24.0 Å². The van der Waals surface area contributed by atoms with Gasteiger partial charge in [-0.05, 0) is 36.6 Å². The summed E-state index contributed by atoms with van der Waals surface area (Å²) in [6, 6.07) is 4.18. The van der Waals surface area contributed by atoms with E-state index in [-0.39, 0.29) is 17.9 Å². The van der Waals surface area contributed by atoms with Gasteiger partial charge in [0.2, 0.25) is 5.95 Å². The summed E-state index contributed by atoms with van der Waals surface area (Å²) in [6.45, 7) is 6.11. The van der Waals surface area contributed by atoms with E-state index in [0.717, 1.165) is 11.0 Å². The third kappa shape index (κ3) is 3.30. The first kappa shape index (κ1) is 16.0. The molecule has 1 saturated heterocycles. The summed E-state index contributed by atoms with van der Waals surface area (Å²) in [5.41, 5.74) is 1.44. The van der Waals surface area contributed by atoms with Crippen molar-refractivity contribution < 1.29 is 10.9 Å². The summed E-state index contributed by atoms with van der Waals surface area (Å²) in [4.78, 5) is 29.8. The molecule has 1 aliphatic rings. The molecular formula is C19H22N6O2. The molecule has 27 heavy (non-hydrogen) atoms. The van der Waals surface area contributed by atoms with Crippen LogP contribution in [0.25, 0.3) is 11.0 Å². The number of aromatic amines is 1. The van der Waals surface area contributed by atoms with Gasteiger partial charge >= 0.3 is 6.09 Å². The number of pyridine rings is 1. The van der Waals surface area contributed by atoms with E-state index >= 15 is 0 Å². The average molecular weight is 367 g/mol. The van der Waals surface area contributed by atoms with E-state index in [1.54, 1.807) is 30.3 Å². The van der Waals surface area contributed by atoms with Crippen LogP contribution in [0.2, 0.25) is 0 Å². The minimum Gasteiger partial charge on any atom is -0.447 e. The lowest BCUT2D eigenvalue weighted by molar-refractivity contribution is 0.177. The first-order valence-electron chi connectivity index (χ1n) is 9.36. The van der Waals surface area contributed by atoms with Gasteiger partial charge in [0.15, 0.2) is 0 Å². The highest BCUT2D eigenvalue weighted by atomic mass is 16.6. The Kier molecular flexibility index (Phi) is 4.08. The van der Waals surface area contributed by atoms with E-state index in [0.29, 0.717) is 18.0 Å². The Morgan fingerprint density at radius 2 is 2.22 bits per heavy atom. The highest BCUT2D eigenvalue weighted by molar-refractivity contribution is 5.89. The number of hydrogen-bond donors (Lipinski definition) is 2. The molecule has 3 aromatic rings. The predicted octanol–water partition coefficient (Wildman–Crippen LogP) is 3.51. The number of hydrogen-bond acceptors (Lipinski definition) is 6. The van der Waals surface area contributed by atoms with Gasteiger partial charge in [0.05, 0.1) is 13.4 Å². The number of anilines is 2. The molecule has 0 radical (unpaired) electrons. The lowest BCUT2D eigenvalue weighted by atomic mass is 10.0. The van der Waals surface area contributed by atoms with Crippen LogP contribution in [-0.4, -0.2) is 38.7 Å². The molecular weight excluding hydrogens is 344 g/mol. The Hall–Kier alpha value is -3.16. The van der Waals surface area contributed by atoms with Crippen LogP contribution in [0, 0.1) is 5.92 Å². The van der Waals surface area contributed by atoms with Crippen LogP contribution in [0.5, 0.6) is 0 Å². The monoisotopic (exact) mass is 367 g/mol. The molecule has 1 aliphatic heterocycles. The van der Waals surface area contributed by atoms with Crippen molar-refractivity contribution >= 4 is 28.9 Å². The summed E-state index contributed by atoms with van der Waals surface area (Å²) < 4.78 is 13.9. The molecule has 2 N–H and O–H groups in total. The van der Waals surface area contributed by atoms with Crippen LogP contribution < -0.4 is 10.2 Å². The van der Waals surface area contributed by atoms with E-state index in [1.165, 1.54) is 0 Å². The second-order valence-electron chi connectivity index (χ2n) is 6.89. The molecule has 3 aromatic heterocycles. The zero-order valence-corrected chi connectivity index (χ0v) is 15.4. The van der Waals surface area contributed by atoms with Gasteiger partial charge in [-0.15, -0.1) is 0 Å². The number of nitrogens with zero attached hydrogens (tertiary/aromatic N) is 4. The number of carbonyl (C=O) groups is 1. The van der Waals surface area contributed by atoms with Crippen LogP contribution in [0.3, 0.4) is 0 Å². The number of cyclic esters (lactones) is 1. The van der Waals surface area contributed by atoms with Crippen LogP contribution in [-0.2, 0) is 4.74 Å². The van der Waals surface area contributed by atoms with E-state index in [4.69, 9.17) is 6.11 Å². The van der Waals surface area contributed by atoms with Crippen molar-refractivity contribution in [3.05, 3.63) is 42.4 Å². The average Bonchev–Trinajstić information content (AvgIpc) is 3.27. The zero-order valence-electron chi connectivity index (χ0n) is 16.4. The smallest absolute Gasteiger partial charge is 0.415 e. The molecule has 0 bridgehead atoms. The first-order valence-corrected chi connectivity index (χ1v) is 8.86. The normalized spacial score (nSPS) is 19.9. The first-order chi connectivity index (χ1) is 13.3. The number of fused-ring (bicyclic) bond motifs is 1. The standard InChI is InChI=1S/C19H22N6O2/c1-11(2)15-10-27-19(26)25(15)16-5-7-21-18(24-16)23-12(3)14-8-13-4-6-20-17(13)22-9-14/h4-9,11-12,15H,10H2,1-3H3,(H,20,22)(H,21,23,24)/t12-,15-/m1/s1/i12D. The second-order valence-corrected chi connectivity index (χ2v) is 6.89. The minimum atomic E-state index is -1.21. The molecule has 4 rings (SSSR count). The molecule has 0 unspecified atom stereocenters. The molecule has 140 valence electrons. The van der Waals surface area contributed by atoms with Crippen molar-refractivity contribution in [1.82, 2.24) is 19.9 Å². The summed E-state index contributed by atoms with van der Waals surface area (Å²) in [5, 5.41) is 3.95. The van der Waals surface area contributed by atoms with Crippen LogP contribution in [0.4, 0.5) is 16.6 Å². The Morgan fingerprint density at radius 3 is 3.04 bits per heavy atom. The van der Waals surface area contributed by atoms with Crippen molar-refractivity contribution in [2.75, 3.05) is 16.8 Å². The topological polar surface area (TPSA) is 96.0 Å². The van der Waals surface area contributed by atoms with Crippen molar-refractivity contribution in [2.24, 2.45) is 5.92 Å². The molecule has 1 amide bonds. The SMILES string of the molecule is [2H][C@](C)(Nc1nccc(N2C(=O)OC[C@@H]2C(C)C)n1)c1cnc2[nH]ccc2c1. The highest BCUT2D eigenvalue weighted by Gasteiger charge is 2.37. The molecule has 1 fully saturated rings. The van der Waals surface area contributed by atoms with Crippen molar-refractivity contribution in [3.8, 4) is 0 Å². The fraction of sp³-hybridized carbons (Fsp3) is 0.368. The third-order valence-electron chi connectivity index (χ3n) is 4.70. The van der Waals surface area contributed by atoms with Gasteiger partial charge in [0.1, 0.15) is 18.1 Å². The van der Waals surface area contributed by atoms with Gasteiger partial charge in [-0.1, -0.05) is 13.8 Å². The van der Waals surface area contributed by atoms with Gasteiger partial charge < -0.3 is 15.0 Å². The molecule has 0 saturated carbocycles. The Labute approximate surface area is 158 Å². The van der Waals surface area contributed by atoms with Gasteiger partial charge in [-0.25, -0.2) is 14.8 Å². The Morgan fingerprint density at radius 1 is 1.37 bits per heavy atom. The highest BCUT2D eigenvalue weighted by Crippen LogP contribution is 2.27. The minimum absolute atomic E-state index is 0.0853. The second kappa shape index (κ2) is 6.86. The van der Waals surface area contributed by atoms with E-state index in [9.17, 15) is 4.79 Å². The van der Waals surface area contributed by atoms with Crippen molar-refractivity contribution in [1.29, 1.82) is 0 Å². The number of nitrogens with one attached hydrogen (secondary N) is 2. The lowest BCUT2D eigenvalue weighted by Crippen LogP contribution is -2.37. The molecule has 2 atom stereocenters. The van der Waals surface area contributed by atoms with Crippen LogP contribution in [0.15, 0.2) is 36.8 Å². The number of amides is 1. The summed E-state index contributed by atoms with van der Waals surface area (Å²) in [5.74, 6) is 0.929. The molecule has 0 spiro atoms. The van der Waals surface area contributed by atoms with Gasteiger partial charge in [-0.2, -0.15) is 4.98 Å². The van der Waals surface area contributed by atoms with Gasteiger partial charge in [-0.3, -0.25) is 4.90 Å². The van der Waals surface area contributed by atoms with Crippen molar-refractivity contribution in [3.63, 3.8) is 0 Å². The Bertz CT molecular complexity index is 1020. The molecule has 4 heterocycles. The maximum Gasteiger partial charge on any atom is 0.415 e. The largest absolute Gasteiger partial charge is 0.447 e. The Balaban J connectivity index is 1.61. The van der Waals surface area contributed by atoms with Crippen LogP contribution in [0.1, 0.15) is 33.7 Å². The molecule has 8 nitrogen and oxygen atoms in total. The van der Waals surface area contributed by atoms with E-state index in [2.05, 4.69) is 25.3 Å². The number of ether oxygens (including phenoxy) is 1. The summed E-state index contributed by atoms with van der Waals surface area (Å²) in [7, 11) is 0. The number of aromatic nitrogens is 4. The zero-order chi connectivity index (χ0) is 19.9. The van der Waals surface area contributed by atoms with Crippen LogP contribution >= 0.6 is 0 Å². The van der Waals surface area contributed by atoms with E-state index < -0.39 is 12.1 Å². The molecule has 0 aliphatic carbocycles. The number of rotatable bonds is 5.